The molecule has 41 heavy (non-hydrogen) atoms. The van der Waals surface area contributed by atoms with E-state index >= 15 is 0 Å². The Balaban J connectivity index is 1.42. The molecule has 0 unspecified atom stereocenters. The van der Waals surface area contributed by atoms with Crippen LogP contribution in [0.4, 0.5) is 11.4 Å². The number of para-hydroxylation sites is 1. The van der Waals surface area contributed by atoms with Gasteiger partial charge in [0.1, 0.15) is 22.6 Å². The SMILES string of the molecule is CN(C)c1ccc(NC(=O)C(C)(C)N(Cc2nc(-c3ccc(Cl)cc3)cs2)C(=O)Cn2nnc3ccccc32)cc1. The minimum absolute atomic E-state index is 0.0792. The lowest BCUT2D eigenvalue weighted by Gasteiger charge is -2.37. The second kappa shape index (κ2) is 11.7. The van der Waals surface area contributed by atoms with Crippen molar-refractivity contribution in [2.24, 2.45) is 0 Å². The van der Waals surface area contributed by atoms with Crippen LogP contribution in [0.1, 0.15) is 18.9 Å². The van der Waals surface area contributed by atoms with Gasteiger partial charge in [-0.2, -0.15) is 0 Å². The number of aromatic nitrogens is 4. The third kappa shape index (κ3) is 6.23. The van der Waals surface area contributed by atoms with Crippen molar-refractivity contribution in [2.45, 2.75) is 32.5 Å². The first kappa shape index (κ1) is 28.3. The molecular formula is C30H30ClN7O2S. The number of hydrogen-bond donors (Lipinski definition) is 1. The highest BCUT2D eigenvalue weighted by molar-refractivity contribution is 7.09. The van der Waals surface area contributed by atoms with Crippen LogP contribution in [0.2, 0.25) is 5.02 Å². The molecule has 2 aromatic heterocycles. The van der Waals surface area contributed by atoms with Gasteiger partial charge in [-0.25, -0.2) is 9.67 Å². The molecule has 0 aliphatic carbocycles. The summed E-state index contributed by atoms with van der Waals surface area (Å²) in [5.41, 5.74) is 3.56. The van der Waals surface area contributed by atoms with Crippen molar-refractivity contribution in [3.63, 3.8) is 0 Å². The van der Waals surface area contributed by atoms with E-state index in [9.17, 15) is 9.59 Å². The van der Waals surface area contributed by atoms with Crippen molar-refractivity contribution in [1.82, 2.24) is 24.9 Å². The Hall–Kier alpha value is -4.28. The van der Waals surface area contributed by atoms with Gasteiger partial charge in [0.05, 0.1) is 17.8 Å². The molecule has 0 spiro atoms. The minimum atomic E-state index is -1.22. The largest absolute Gasteiger partial charge is 0.378 e. The van der Waals surface area contributed by atoms with Gasteiger partial charge in [-0.05, 0) is 62.4 Å². The van der Waals surface area contributed by atoms with E-state index in [-0.39, 0.29) is 24.9 Å². The highest BCUT2D eigenvalue weighted by Gasteiger charge is 2.39. The molecule has 0 atom stereocenters. The summed E-state index contributed by atoms with van der Waals surface area (Å²) in [5, 5.41) is 14.6. The van der Waals surface area contributed by atoms with Gasteiger partial charge < -0.3 is 15.1 Å². The number of anilines is 2. The van der Waals surface area contributed by atoms with Crippen LogP contribution in [-0.2, 0) is 22.7 Å². The summed E-state index contributed by atoms with van der Waals surface area (Å²) in [4.78, 5) is 35.9. The zero-order chi connectivity index (χ0) is 29.1. The summed E-state index contributed by atoms with van der Waals surface area (Å²) >= 11 is 7.48. The molecule has 210 valence electrons. The maximum Gasteiger partial charge on any atom is 0.249 e. The highest BCUT2D eigenvalue weighted by atomic mass is 35.5. The number of carbonyl (C=O) groups is 2. The normalized spacial score (nSPS) is 11.4. The smallest absolute Gasteiger partial charge is 0.249 e. The van der Waals surface area contributed by atoms with Crippen LogP contribution >= 0.6 is 22.9 Å². The number of fused-ring (bicyclic) bond motifs is 1. The van der Waals surface area contributed by atoms with E-state index in [2.05, 4.69) is 15.6 Å². The van der Waals surface area contributed by atoms with E-state index in [0.29, 0.717) is 21.2 Å². The molecule has 9 nitrogen and oxygen atoms in total. The number of nitrogens with zero attached hydrogens (tertiary/aromatic N) is 6. The maximum absolute atomic E-state index is 13.9. The number of rotatable bonds is 9. The van der Waals surface area contributed by atoms with Crippen LogP contribution in [0.5, 0.6) is 0 Å². The quantitative estimate of drug-likeness (QED) is 0.237. The second-order valence-corrected chi connectivity index (χ2v) is 11.7. The van der Waals surface area contributed by atoms with Gasteiger partial charge in [0.15, 0.2) is 0 Å². The molecule has 0 saturated heterocycles. The molecule has 0 fully saturated rings. The molecule has 0 saturated carbocycles. The molecule has 5 rings (SSSR count). The van der Waals surface area contributed by atoms with Crippen LogP contribution in [0.15, 0.2) is 78.2 Å². The zero-order valence-corrected chi connectivity index (χ0v) is 24.8. The van der Waals surface area contributed by atoms with E-state index in [0.717, 1.165) is 22.5 Å². The molecule has 0 radical (unpaired) electrons. The van der Waals surface area contributed by atoms with E-state index in [1.165, 1.54) is 11.3 Å². The molecule has 2 heterocycles. The Morgan fingerprint density at radius 3 is 2.41 bits per heavy atom. The number of benzene rings is 3. The van der Waals surface area contributed by atoms with Gasteiger partial charge in [0.25, 0.3) is 0 Å². The van der Waals surface area contributed by atoms with Crippen molar-refractivity contribution in [3.8, 4) is 11.3 Å². The molecule has 3 aromatic carbocycles. The number of hydrogen-bond acceptors (Lipinski definition) is 7. The minimum Gasteiger partial charge on any atom is -0.378 e. The van der Waals surface area contributed by atoms with E-state index in [4.69, 9.17) is 16.6 Å². The first-order valence-corrected chi connectivity index (χ1v) is 14.3. The van der Waals surface area contributed by atoms with E-state index < -0.39 is 5.54 Å². The van der Waals surface area contributed by atoms with Crippen LogP contribution in [0.25, 0.3) is 22.3 Å². The molecule has 2 amide bonds. The summed E-state index contributed by atoms with van der Waals surface area (Å²) in [6.07, 6.45) is 0. The molecule has 0 bridgehead atoms. The Morgan fingerprint density at radius 2 is 1.71 bits per heavy atom. The lowest BCUT2D eigenvalue weighted by molar-refractivity contribution is -0.145. The van der Waals surface area contributed by atoms with Crippen molar-refractivity contribution < 1.29 is 9.59 Å². The summed E-state index contributed by atoms with van der Waals surface area (Å²) in [7, 11) is 3.91. The number of halogens is 1. The molecule has 0 aliphatic heterocycles. The molecule has 0 aliphatic rings. The van der Waals surface area contributed by atoms with Crippen LogP contribution < -0.4 is 10.2 Å². The summed E-state index contributed by atoms with van der Waals surface area (Å²) in [6.45, 7) is 3.54. The summed E-state index contributed by atoms with van der Waals surface area (Å²) < 4.78 is 1.56. The van der Waals surface area contributed by atoms with Gasteiger partial charge in [-0.1, -0.05) is 41.1 Å². The summed E-state index contributed by atoms with van der Waals surface area (Å²) in [5.74, 6) is -0.603. The lowest BCUT2D eigenvalue weighted by atomic mass is 10.0. The van der Waals surface area contributed by atoms with Crippen LogP contribution in [-0.4, -0.2) is 56.3 Å². The monoisotopic (exact) mass is 587 g/mol. The molecule has 11 heteroatoms. The number of nitrogens with one attached hydrogen (secondary N) is 1. The fourth-order valence-corrected chi connectivity index (χ4v) is 5.28. The number of carbonyl (C=O) groups excluding carboxylic acids is 2. The maximum atomic E-state index is 13.9. The Morgan fingerprint density at radius 1 is 1.00 bits per heavy atom. The van der Waals surface area contributed by atoms with Gasteiger partial charge in [0.2, 0.25) is 11.8 Å². The van der Waals surface area contributed by atoms with Crippen molar-refractivity contribution in [2.75, 3.05) is 24.3 Å². The first-order chi connectivity index (χ1) is 19.6. The van der Waals surface area contributed by atoms with Crippen LogP contribution in [0.3, 0.4) is 0 Å². The molecular weight excluding hydrogens is 558 g/mol. The third-order valence-corrected chi connectivity index (χ3v) is 7.95. The van der Waals surface area contributed by atoms with Crippen LogP contribution in [0, 0.1) is 0 Å². The first-order valence-electron chi connectivity index (χ1n) is 13.0. The second-order valence-electron chi connectivity index (χ2n) is 10.3. The topological polar surface area (TPSA) is 96.2 Å². The Bertz CT molecular complexity index is 1680. The van der Waals surface area contributed by atoms with Gasteiger partial charge in [-0.15, -0.1) is 16.4 Å². The van der Waals surface area contributed by atoms with Gasteiger partial charge >= 0.3 is 0 Å². The van der Waals surface area contributed by atoms with Gasteiger partial charge in [0, 0.05) is 41.4 Å². The summed E-state index contributed by atoms with van der Waals surface area (Å²) in [6, 6.07) is 22.4. The Labute approximate surface area is 247 Å². The third-order valence-electron chi connectivity index (χ3n) is 6.86. The van der Waals surface area contributed by atoms with E-state index in [1.54, 1.807) is 23.4 Å². The van der Waals surface area contributed by atoms with E-state index in [1.807, 2.05) is 97.2 Å². The number of amides is 2. The molecule has 5 aromatic rings. The Kier molecular flexibility index (Phi) is 8.05. The predicted octanol–water partition coefficient (Wildman–Crippen LogP) is 5.72. The fourth-order valence-electron chi connectivity index (χ4n) is 4.37. The number of thiazole rings is 1. The average molecular weight is 588 g/mol. The average Bonchev–Trinajstić information content (AvgIpc) is 3.59. The van der Waals surface area contributed by atoms with Crippen molar-refractivity contribution in [1.29, 1.82) is 0 Å². The fraction of sp³-hybridized carbons (Fsp3) is 0.233. The standard InChI is InChI=1S/C30H30ClN7O2S/c1-30(2,29(40)32-22-13-15-23(16-14-22)36(3)4)37(28(39)18-38-26-8-6-5-7-24(26)34-35-38)17-27-33-25(19-41-27)20-9-11-21(31)12-10-20/h5-16,19H,17-18H2,1-4H3,(H,32,40). The predicted molar refractivity (Wildman–Crippen MR) is 164 cm³/mol. The lowest BCUT2D eigenvalue weighted by Crippen LogP contribution is -2.55. The van der Waals surface area contributed by atoms with Gasteiger partial charge in [-0.3, -0.25) is 9.59 Å². The molecule has 1 N–H and O–H groups in total. The highest BCUT2D eigenvalue weighted by Crippen LogP contribution is 2.28. The van der Waals surface area contributed by atoms with Crippen molar-refractivity contribution >= 4 is 57.2 Å². The zero-order valence-electron chi connectivity index (χ0n) is 23.2. The van der Waals surface area contributed by atoms with Crippen molar-refractivity contribution in [3.05, 3.63) is 88.2 Å².